The summed E-state index contributed by atoms with van der Waals surface area (Å²) in [7, 11) is 3.17. The first-order chi connectivity index (χ1) is 9.90. The molecule has 1 aromatic heterocycles. The van der Waals surface area contributed by atoms with E-state index in [0.717, 1.165) is 11.6 Å². The highest BCUT2D eigenvalue weighted by molar-refractivity contribution is 5.45. The molecule has 1 aromatic carbocycles. The molecular formula is C14H15F3N4. The first kappa shape index (κ1) is 15.1. The van der Waals surface area contributed by atoms with Gasteiger partial charge in [-0.2, -0.15) is 18.2 Å². The van der Waals surface area contributed by atoms with Crippen LogP contribution in [0.25, 0.3) is 0 Å². The normalized spacial score (nSPS) is 11.3. The minimum absolute atomic E-state index is 0.0558. The Morgan fingerprint density at radius 1 is 1.14 bits per heavy atom. The van der Waals surface area contributed by atoms with Crippen molar-refractivity contribution in [2.45, 2.75) is 12.7 Å². The zero-order valence-electron chi connectivity index (χ0n) is 11.6. The summed E-state index contributed by atoms with van der Waals surface area (Å²) in [6.45, 7) is 0.457. The number of aromatic nitrogens is 2. The molecule has 2 aromatic rings. The Bertz CT molecular complexity index is 599. The van der Waals surface area contributed by atoms with Gasteiger partial charge in [-0.25, -0.2) is 4.98 Å². The van der Waals surface area contributed by atoms with Crippen molar-refractivity contribution in [2.75, 3.05) is 24.3 Å². The fourth-order valence-electron chi connectivity index (χ4n) is 1.83. The summed E-state index contributed by atoms with van der Waals surface area (Å²) >= 11 is 0. The summed E-state index contributed by atoms with van der Waals surface area (Å²) < 4.78 is 38.5. The Balaban J connectivity index is 2.30. The number of hydrogen-bond acceptors (Lipinski definition) is 4. The molecule has 0 aliphatic rings. The Morgan fingerprint density at radius 2 is 1.81 bits per heavy atom. The third-order valence-electron chi connectivity index (χ3n) is 2.88. The van der Waals surface area contributed by atoms with Crippen molar-refractivity contribution in [3.8, 4) is 0 Å². The number of hydrogen-bond donors (Lipinski definition) is 1. The first-order valence-electron chi connectivity index (χ1n) is 6.29. The van der Waals surface area contributed by atoms with E-state index in [1.807, 2.05) is 30.3 Å². The summed E-state index contributed by atoms with van der Waals surface area (Å²) in [4.78, 5) is 9.15. The molecule has 1 N–H and O–H groups in total. The van der Waals surface area contributed by atoms with Gasteiger partial charge >= 0.3 is 6.18 Å². The molecule has 21 heavy (non-hydrogen) atoms. The predicted molar refractivity (Wildman–Crippen MR) is 75.1 cm³/mol. The van der Waals surface area contributed by atoms with Gasteiger partial charge in [0.15, 0.2) is 5.69 Å². The summed E-state index contributed by atoms with van der Waals surface area (Å²) in [5, 5.41) is 2.55. The molecule has 1 heterocycles. The lowest BCUT2D eigenvalue weighted by atomic mass is 10.2. The van der Waals surface area contributed by atoms with Crippen LogP contribution in [0.4, 0.5) is 24.9 Å². The molecule has 2 rings (SSSR count). The summed E-state index contributed by atoms with van der Waals surface area (Å²) in [5.74, 6) is 0.158. The largest absolute Gasteiger partial charge is 0.433 e. The minimum Gasteiger partial charge on any atom is -0.357 e. The number of halogens is 3. The number of benzene rings is 1. The maximum Gasteiger partial charge on any atom is 0.433 e. The lowest BCUT2D eigenvalue weighted by Crippen LogP contribution is -2.20. The van der Waals surface area contributed by atoms with E-state index in [-0.39, 0.29) is 11.8 Å². The smallest absolute Gasteiger partial charge is 0.357 e. The molecule has 0 unspecified atom stereocenters. The lowest BCUT2D eigenvalue weighted by molar-refractivity contribution is -0.141. The van der Waals surface area contributed by atoms with Crippen LogP contribution >= 0.6 is 0 Å². The lowest BCUT2D eigenvalue weighted by Gasteiger charge is -2.20. The molecule has 0 bridgehead atoms. The summed E-state index contributed by atoms with van der Waals surface area (Å²) in [5.41, 5.74) is 0.0231. The van der Waals surface area contributed by atoms with Gasteiger partial charge in [-0.1, -0.05) is 30.3 Å². The highest BCUT2D eigenvalue weighted by atomic mass is 19.4. The van der Waals surface area contributed by atoms with Crippen molar-refractivity contribution in [2.24, 2.45) is 0 Å². The number of alkyl halides is 3. The van der Waals surface area contributed by atoms with Crippen LogP contribution in [-0.4, -0.2) is 24.1 Å². The van der Waals surface area contributed by atoms with Crippen LogP contribution in [0.2, 0.25) is 0 Å². The van der Waals surface area contributed by atoms with Crippen molar-refractivity contribution >= 4 is 11.8 Å². The van der Waals surface area contributed by atoms with Crippen LogP contribution in [0.5, 0.6) is 0 Å². The molecule has 0 spiro atoms. The van der Waals surface area contributed by atoms with E-state index >= 15 is 0 Å². The molecule has 0 saturated carbocycles. The van der Waals surface area contributed by atoms with Gasteiger partial charge in [0.25, 0.3) is 0 Å². The Labute approximate surface area is 120 Å². The second-order valence-corrected chi connectivity index (χ2v) is 4.52. The minimum atomic E-state index is -4.50. The van der Waals surface area contributed by atoms with E-state index in [2.05, 4.69) is 15.3 Å². The Kier molecular flexibility index (Phi) is 4.30. The van der Waals surface area contributed by atoms with Crippen LogP contribution < -0.4 is 10.2 Å². The first-order valence-corrected chi connectivity index (χ1v) is 6.29. The maximum absolute atomic E-state index is 12.8. The molecule has 0 radical (unpaired) electrons. The zero-order chi connectivity index (χ0) is 15.5. The van der Waals surface area contributed by atoms with E-state index in [4.69, 9.17) is 0 Å². The highest BCUT2D eigenvalue weighted by Gasteiger charge is 2.34. The van der Waals surface area contributed by atoms with Crippen LogP contribution in [0, 0.1) is 0 Å². The molecule has 0 fully saturated rings. The maximum atomic E-state index is 12.8. The standard InChI is InChI=1S/C14H15F3N4/c1-18-13-19-11(14(15,16)17)8-12(20-13)21(2)9-10-6-4-3-5-7-10/h3-8H,9H2,1-2H3,(H,18,19,20). The van der Waals surface area contributed by atoms with Crippen LogP contribution in [-0.2, 0) is 12.7 Å². The van der Waals surface area contributed by atoms with Gasteiger partial charge in [-0.15, -0.1) is 0 Å². The molecule has 0 saturated heterocycles. The van der Waals surface area contributed by atoms with E-state index in [1.165, 1.54) is 7.05 Å². The molecule has 0 amide bonds. The van der Waals surface area contributed by atoms with Gasteiger partial charge in [0, 0.05) is 26.7 Å². The molecule has 0 aliphatic carbocycles. The van der Waals surface area contributed by atoms with Crippen LogP contribution in [0.3, 0.4) is 0 Å². The van der Waals surface area contributed by atoms with E-state index in [0.29, 0.717) is 6.54 Å². The van der Waals surface area contributed by atoms with Crippen LogP contribution in [0.1, 0.15) is 11.3 Å². The van der Waals surface area contributed by atoms with Crippen molar-refractivity contribution < 1.29 is 13.2 Å². The van der Waals surface area contributed by atoms with E-state index in [1.54, 1.807) is 11.9 Å². The van der Waals surface area contributed by atoms with E-state index < -0.39 is 11.9 Å². The number of rotatable bonds is 4. The molecule has 112 valence electrons. The van der Waals surface area contributed by atoms with Gasteiger partial charge in [-0.3, -0.25) is 0 Å². The van der Waals surface area contributed by atoms with Gasteiger partial charge < -0.3 is 10.2 Å². The number of anilines is 2. The molecule has 0 aliphatic heterocycles. The quantitative estimate of drug-likeness (QED) is 0.941. The second-order valence-electron chi connectivity index (χ2n) is 4.52. The fourth-order valence-corrected chi connectivity index (χ4v) is 1.83. The predicted octanol–water partition coefficient (Wildman–Crippen LogP) is 3.17. The van der Waals surface area contributed by atoms with Crippen LogP contribution in [0.15, 0.2) is 36.4 Å². The van der Waals surface area contributed by atoms with Gasteiger partial charge in [0.05, 0.1) is 0 Å². The number of nitrogens with zero attached hydrogens (tertiary/aromatic N) is 3. The fraction of sp³-hybridized carbons (Fsp3) is 0.286. The summed E-state index contributed by atoms with van der Waals surface area (Å²) in [6, 6.07) is 10.4. The van der Waals surface area contributed by atoms with Crippen molar-refractivity contribution in [3.05, 3.63) is 47.7 Å². The summed E-state index contributed by atoms with van der Waals surface area (Å²) in [6.07, 6.45) is -4.50. The second kappa shape index (κ2) is 5.99. The monoisotopic (exact) mass is 296 g/mol. The average Bonchev–Trinajstić information content (AvgIpc) is 2.46. The zero-order valence-corrected chi connectivity index (χ0v) is 11.6. The average molecular weight is 296 g/mol. The Hall–Kier alpha value is -2.31. The molecule has 7 heteroatoms. The van der Waals surface area contributed by atoms with Gasteiger partial charge in [-0.05, 0) is 5.56 Å². The molecular weight excluding hydrogens is 281 g/mol. The number of nitrogens with one attached hydrogen (secondary N) is 1. The Morgan fingerprint density at radius 3 is 2.38 bits per heavy atom. The SMILES string of the molecule is CNc1nc(N(C)Cc2ccccc2)cc(C(F)(F)F)n1. The molecule has 0 atom stereocenters. The van der Waals surface area contributed by atoms with Gasteiger partial charge in [0.2, 0.25) is 5.95 Å². The highest BCUT2D eigenvalue weighted by Crippen LogP contribution is 2.30. The van der Waals surface area contributed by atoms with Gasteiger partial charge in [0.1, 0.15) is 5.82 Å². The van der Waals surface area contributed by atoms with Crippen molar-refractivity contribution in [1.29, 1.82) is 0 Å². The van der Waals surface area contributed by atoms with Crippen molar-refractivity contribution in [1.82, 2.24) is 9.97 Å². The topological polar surface area (TPSA) is 41.1 Å². The molecule has 4 nitrogen and oxygen atoms in total. The van der Waals surface area contributed by atoms with E-state index in [9.17, 15) is 13.2 Å². The van der Waals surface area contributed by atoms with Crippen molar-refractivity contribution in [3.63, 3.8) is 0 Å². The third-order valence-corrected chi connectivity index (χ3v) is 2.88. The third kappa shape index (κ3) is 3.84.